The molecular formula is C17H14O5S. The van der Waals surface area contributed by atoms with Crippen LogP contribution in [0.2, 0.25) is 0 Å². The average molecular weight is 330 g/mol. The molecule has 0 fully saturated rings. The Balaban J connectivity index is 2.21. The highest BCUT2D eigenvalue weighted by Crippen LogP contribution is 2.22. The summed E-state index contributed by atoms with van der Waals surface area (Å²) in [5.74, 6) is -3.10. The normalized spacial score (nSPS) is 11.3. The van der Waals surface area contributed by atoms with Crippen LogP contribution in [0, 0.1) is 0 Å². The van der Waals surface area contributed by atoms with Gasteiger partial charge in [-0.2, -0.15) is 0 Å². The Labute approximate surface area is 136 Å². The third kappa shape index (κ3) is 4.14. The summed E-state index contributed by atoms with van der Waals surface area (Å²) in [7, 11) is 0. The van der Waals surface area contributed by atoms with E-state index in [-0.39, 0.29) is 5.78 Å². The Morgan fingerprint density at radius 1 is 1.09 bits per heavy atom. The Bertz CT molecular complexity index is 784. The number of carbonyl (C=O) groups excluding carboxylic acids is 2. The van der Waals surface area contributed by atoms with Gasteiger partial charge in [0.1, 0.15) is 0 Å². The molecule has 2 N–H and O–H groups in total. The summed E-state index contributed by atoms with van der Waals surface area (Å²) in [6.07, 6.45) is 1.19. The number of rotatable bonds is 6. The maximum Gasteiger partial charge on any atom is 0.371 e. The number of carbonyl (C=O) groups is 3. The molecule has 0 spiro atoms. The largest absolute Gasteiger partial charge is 0.502 e. The SMILES string of the molecule is CC(=O)c1ccc(Cc2sccc2C(=O)C=C(O)C(=O)O)cc1. The molecule has 1 heterocycles. The van der Waals surface area contributed by atoms with Crippen molar-refractivity contribution in [1.82, 2.24) is 0 Å². The van der Waals surface area contributed by atoms with E-state index >= 15 is 0 Å². The first-order chi connectivity index (χ1) is 10.9. The zero-order valence-electron chi connectivity index (χ0n) is 12.3. The number of carboxylic acids is 1. The van der Waals surface area contributed by atoms with E-state index in [1.807, 2.05) is 12.1 Å². The lowest BCUT2D eigenvalue weighted by Crippen LogP contribution is -2.05. The first kappa shape index (κ1) is 16.6. The van der Waals surface area contributed by atoms with Crippen LogP contribution in [0.1, 0.15) is 38.1 Å². The van der Waals surface area contributed by atoms with Crippen molar-refractivity contribution in [3.05, 3.63) is 69.1 Å². The van der Waals surface area contributed by atoms with Crippen molar-refractivity contribution in [1.29, 1.82) is 0 Å². The van der Waals surface area contributed by atoms with Crippen molar-refractivity contribution in [3.8, 4) is 0 Å². The molecular weight excluding hydrogens is 316 g/mol. The molecule has 5 nitrogen and oxygen atoms in total. The zero-order chi connectivity index (χ0) is 17.0. The van der Waals surface area contributed by atoms with Crippen LogP contribution in [-0.4, -0.2) is 27.7 Å². The molecule has 6 heteroatoms. The summed E-state index contributed by atoms with van der Waals surface area (Å²) in [6.45, 7) is 1.49. The predicted molar refractivity (Wildman–Crippen MR) is 86.2 cm³/mol. The van der Waals surface area contributed by atoms with Gasteiger partial charge in [-0.15, -0.1) is 11.3 Å². The second-order valence-electron chi connectivity index (χ2n) is 4.89. The number of aliphatic hydroxyl groups excluding tert-OH is 1. The number of hydrogen-bond donors (Lipinski definition) is 2. The number of aliphatic hydroxyl groups is 1. The Morgan fingerprint density at radius 2 is 1.74 bits per heavy atom. The van der Waals surface area contributed by atoms with Crippen LogP contribution in [0.15, 0.2) is 47.5 Å². The van der Waals surface area contributed by atoms with Gasteiger partial charge in [-0.1, -0.05) is 24.3 Å². The molecule has 0 amide bonds. The number of Topliss-reactive ketones (excluding diaryl/α,β-unsaturated/α-hetero) is 1. The van der Waals surface area contributed by atoms with Crippen molar-refractivity contribution < 1.29 is 24.6 Å². The molecule has 2 rings (SSSR count). The first-order valence-corrected chi connectivity index (χ1v) is 7.61. The van der Waals surface area contributed by atoms with E-state index in [1.54, 1.807) is 23.6 Å². The van der Waals surface area contributed by atoms with Crippen LogP contribution < -0.4 is 0 Å². The molecule has 0 saturated carbocycles. The van der Waals surface area contributed by atoms with Crippen LogP contribution in [0.3, 0.4) is 0 Å². The fourth-order valence-electron chi connectivity index (χ4n) is 2.00. The summed E-state index contributed by atoms with van der Waals surface area (Å²) in [5.41, 5.74) is 1.90. The lowest BCUT2D eigenvalue weighted by molar-refractivity contribution is -0.135. The number of hydrogen-bond acceptors (Lipinski definition) is 5. The highest BCUT2D eigenvalue weighted by atomic mass is 32.1. The van der Waals surface area contributed by atoms with Gasteiger partial charge in [-0.25, -0.2) is 4.79 Å². The van der Waals surface area contributed by atoms with E-state index in [2.05, 4.69) is 0 Å². The fourth-order valence-corrected chi connectivity index (χ4v) is 2.92. The van der Waals surface area contributed by atoms with Crippen molar-refractivity contribution in [2.75, 3.05) is 0 Å². The number of benzene rings is 1. The topological polar surface area (TPSA) is 91.7 Å². The molecule has 1 aromatic heterocycles. The minimum Gasteiger partial charge on any atom is -0.502 e. The van der Waals surface area contributed by atoms with Crippen LogP contribution in [0.4, 0.5) is 0 Å². The molecule has 23 heavy (non-hydrogen) atoms. The number of thiophene rings is 1. The lowest BCUT2D eigenvalue weighted by Gasteiger charge is -2.03. The van der Waals surface area contributed by atoms with Gasteiger partial charge < -0.3 is 10.2 Å². The van der Waals surface area contributed by atoms with E-state index in [0.717, 1.165) is 10.4 Å². The molecule has 0 bridgehead atoms. The third-order valence-electron chi connectivity index (χ3n) is 3.22. The zero-order valence-corrected chi connectivity index (χ0v) is 13.1. The van der Waals surface area contributed by atoms with Gasteiger partial charge in [0.25, 0.3) is 0 Å². The minimum atomic E-state index is -1.55. The van der Waals surface area contributed by atoms with Gasteiger partial charge in [-0.05, 0) is 23.9 Å². The smallest absolute Gasteiger partial charge is 0.371 e. The Hall–Kier alpha value is -2.73. The van der Waals surface area contributed by atoms with Crippen molar-refractivity contribution in [2.24, 2.45) is 0 Å². The Morgan fingerprint density at radius 3 is 2.30 bits per heavy atom. The first-order valence-electron chi connectivity index (χ1n) is 6.73. The van der Waals surface area contributed by atoms with E-state index in [0.29, 0.717) is 23.6 Å². The van der Waals surface area contributed by atoms with E-state index in [4.69, 9.17) is 5.11 Å². The summed E-state index contributed by atoms with van der Waals surface area (Å²) < 4.78 is 0. The lowest BCUT2D eigenvalue weighted by atomic mass is 10.0. The summed E-state index contributed by atoms with van der Waals surface area (Å²) in [5, 5.41) is 19.5. The van der Waals surface area contributed by atoms with Gasteiger partial charge in [0.05, 0.1) is 0 Å². The molecule has 0 aliphatic rings. The molecule has 0 unspecified atom stereocenters. The molecule has 1 aromatic carbocycles. The van der Waals surface area contributed by atoms with Gasteiger partial charge in [0, 0.05) is 28.5 Å². The molecule has 0 aliphatic heterocycles. The minimum absolute atomic E-state index is 0.0159. The maximum absolute atomic E-state index is 12.0. The Kier molecular flexibility index (Phi) is 5.08. The molecule has 0 radical (unpaired) electrons. The van der Waals surface area contributed by atoms with Crippen LogP contribution in [0.25, 0.3) is 0 Å². The average Bonchev–Trinajstić information content (AvgIpc) is 2.95. The second kappa shape index (κ2) is 7.02. The number of ketones is 2. The monoisotopic (exact) mass is 330 g/mol. The molecule has 0 saturated heterocycles. The van der Waals surface area contributed by atoms with Crippen molar-refractivity contribution in [2.45, 2.75) is 13.3 Å². The maximum atomic E-state index is 12.0. The van der Waals surface area contributed by atoms with Gasteiger partial charge >= 0.3 is 5.97 Å². The van der Waals surface area contributed by atoms with Crippen LogP contribution in [0.5, 0.6) is 0 Å². The molecule has 118 valence electrons. The van der Waals surface area contributed by atoms with Gasteiger partial charge in [-0.3, -0.25) is 9.59 Å². The predicted octanol–water partition coefficient (Wildman–Crippen LogP) is 3.25. The third-order valence-corrected chi connectivity index (χ3v) is 4.14. The van der Waals surface area contributed by atoms with E-state index in [9.17, 15) is 19.5 Å². The summed E-state index contributed by atoms with van der Waals surface area (Å²) in [4.78, 5) is 34.6. The standard InChI is InChI=1S/C17H14O5S/c1-10(18)12-4-2-11(3-5-12)8-16-13(6-7-23-16)14(19)9-15(20)17(21)22/h2-7,9,20H,8H2,1H3,(H,21,22). The summed E-state index contributed by atoms with van der Waals surface area (Å²) in [6, 6.07) is 8.67. The number of aliphatic carboxylic acids is 1. The fraction of sp³-hybridized carbons (Fsp3) is 0.118. The molecule has 0 aliphatic carbocycles. The van der Waals surface area contributed by atoms with Gasteiger partial charge in [0.2, 0.25) is 5.76 Å². The molecule has 0 atom stereocenters. The highest BCUT2D eigenvalue weighted by molar-refractivity contribution is 7.10. The molecule has 2 aromatic rings. The second-order valence-corrected chi connectivity index (χ2v) is 5.89. The van der Waals surface area contributed by atoms with Crippen molar-refractivity contribution in [3.63, 3.8) is 0 Å². The quantitative estimate of drug-likeness (QED) is 0.482. The van der Waals surface area contributed by atoms with Crippen LogP contribution >= 0.6 is 11.3 Å². The van der Waals surface area contributed by atoms with E-state index in [1.165, 1.54) is 18.3 Å². The van der Waals surface area contributed by atoms with Crippen molar-refractivity contribution >= 4 is 28.9 Å². The summed E-state index contributed by atoms with van der Waals surface area (Å²) >= 11 is 1.37. The van der Waals surface area contributed by atoms with Gasteiger partial charge in [0.15, 0.2) is 11.6 Å². The highest BCUT2D eigenvalue weighted by Gasteiger charge is 2.14. The van der Waals surface area contributed by atoms with Crippen LogP contribution in [-0.2, 0) is 11.2 Å². The number of allylic oxidation sites excluding steroid dienone is 1. The van der Waals surface area contributed by atoms with E-state index < -0.39 is 17.5 Å². The number of carboxylic acid groups (broad SMARTS) is 1.